The fourth-order valence-corrected chi connectivity index (χ4v) is 4.79. The molecule has 0 spiro atoms. The van der Waals surface area contributed by atoms with E-state index in [1.54, 1.807) is 26.8 Å². The molecule has 0 fully saturated rings. The summed E-state index contributed by atoms with van der Waals surface area (Å²) in [6.45, 7) is 7.56. The van der Waals surface area contributed by atoms with Gasteiger partial charge in [-0.3, -0.25) is 24.5 Å². The number of carbonyl (C=O) groups is 3. The number of hydrogen-bond donors (Lipinski definition) is 3. The molecule has 12 nitrogen and oxygen atoms in total. The molecule has 320 valence electrons. The first kappa shape index (κ1) is 52.9. The standard InChI is InChI=1S/C16H12ClF3N2O4.C16H14ClF3N2O2.C4H8O2.CH3.Pd/c1-2-26-14-6-4-10(22(24)25)8-11(14)15(23)21-9-3-5-13(17)12(7-9)16(18,19)20;1-2-24-14-6-3-9(21)7-11(14)15(23)22-10-4-5-13(17)12(8-10)16(18,19)20;1-3-6-4(2)5;;/h3-8H,2H2,1H3,(H,21,23);3-8H,2,21H2,1H3,(H,22,23);3H2,1-2H3;1H3;/q;;;-1;. The maximum atomic E-state index is 12.9. The van der Waals surface area contributed by atoms with E-state index in [1.165, 1.54) is 37.3 Å². The minimum Gasteiger partial charge on any atom is -0.493 e. The molecule has 0 radical (unpaired) electrons. The number of esters is 1. The average Bonchev–Trinajstić information content (AvgIpc) is 3.10. The van der Waals surface area contributed by atoms with Gasteiger partial charge in [0.15, 0.2) is 0 Å². The van der Waals surface area contributed by atoms with Gasteiger partial charge < -0.3 is 38.0 Å². The third kappa shape index (κ3) is 16.4. The number of carbonyl (C=O) groups excluding carboxylic acids is 3. The monoisotopic (exact) mass is 955 g/mol. The van der Waals surface area contributed by atoms with E-state index < -0.39 is 50.3 Å². The second-order valence-electron chi connectivity index (χ2n) is 10.8. The molecular formula is C37H37Cl2F6N4O8Pd-. The quantitative estimate of drug-likeness (QED) is 0.0266. The number of hydrogen-bond acceptors (Lipinski definition) is 9. The smallest absolute Gasteiger partial charge is 0.417 e. The van der Waals surface area contributed by atoms with E-state index in [0.29, 0.717) is 25.0 Å². The van der Waals surface area contributed by atoms with Crippen LogP contribution < -0.4 is 25.8 Å². The number of nitrogens with zero attached hydrogens (tertiary/aromatic N) is 1. The number of amides is 2. The van der Waals surface area contributed by atoms with Gasteiger partial charge in [-0.25, -0.2) is 0 Å². The summed E-state index contributed by atoms with van der Waals surface area (Å²) in [5.41, 5.74) is 3.23. The Bertz CT molecular complexity index is 2040. The van der Waals surface area contributed by atoms with Crippen LogP contribution in [0, 0.1) is 17.5 Å². The zero-order chi connectivity index (χ0) is 42.4. The molecule has 58 heavy (non-hydrogen) atoms. The predicted octanol–water partition coefficient (Wildman–Crippen LogP) is 10.5. The molecule has 0 aliphatic heterocycles. The summed E-state index contributed by atoms with van der Waals surface area (Å²) in [5, 5.41) is 14.6. The van der Waals surface area contributed by atoms with Gasteiger partial charge in [-0.05, 0) is 81.4 Å². The molecule has 4 rings (SSSR count). The fraction of sp³-hybridized carbons (Fsp3) is 0.243. The molecule has 21 heteroatoms. The van der Waals surface area contributed by atoms with Crippen molar-refractivity contribution < 1.29 is 80.3 Å². The van der Waals surface area contributed by atoms with Crippen molar-refractivity contribution in [3.63, 3.8) is 0 Å². The third-order valence-corrected chi connectivity index (χ3v) is 7.33. The van der Waals surface area contributed by atoms with Crippen LogP contribution in [0.25, 0.3) is 0 Å². The molecule has 4 aromatic carbocycles. The van der Waals surface area contributed by atoms with Gasteiger partial charge in [0, 0.05) is 56.5 Å². The Hall–Kier alpha value is -5.09. The van der Waals surface area contributed by atoms with Gasteiger partial charge in [-0.2, -0.15) is 26.3 Å². The minimum absolute atomic E-state index is 0. The van der Waals surface area contributed by atoms with Crippen molar-refractivity contribution in [2.45, 2.75) is 40.0 Å². The number of halogens is 8. The van der Waals surface area contributed by atoms with E-state index in [-0.39, 0.29) is 80.1 Å². The van der Waals surface area contributed by atoms with Gasteiger partial charge in [0.25, 0.3) is 17.5 Å². The summed E-state index contributed by atoms with van der Waals surface area (Å²) < 4.78 is 92.3. The second-order valence-corrected chi connectivity index (χ2v) is 11.6. The number of rotatable bonds is 10. The number of nitrogens with two attached hydrogens (primary N) is 1. The van der Waals surface area contributed by atoms with Crippen molar-refractivity contribution in [3.8, 4) is 11.5 Å². The topological polar surface area (TPSA) is 172 Å². The minimum atomic E-state index is -4.69. The number of nitrogens with one attached hydrogen (secondary N) is 2. The second kappa shape index (κ2) is 24.0. The van der Waals surface area contributed by atoms with Crippen LogP contribution in [0.2, 0.25) is 10.0 Å². The van der Waals surface area contributed by atoms with Crippen LogP contribution in [0.4, 0.5) is 49.1 Å². The summed E-state index contributed by atoms with van der Waals surface area (Å²) in [6, 6.07) is 13.9. The number of ether oxygens (including phenoxy) is 3. The molecule has 0 saturated heterocycles. The van der Waals surface area contributed by atoms with Gasteiger partial charge in [0.2, 0.25) is 0 Å². The molecule has 0 aliphatic carbocycles. The molecule has 4 N–H and O–H groups in total. The zero-order valence-corrected chi connectivity index (χ0v) is 34.2. The number of anilines is 3. The first-order valence-electron chi connectivity index (χ1n) is 16.1. The van der Waals surface area contributed by atoms with Crippen molar-refractivity contribution in [2.24, 2.45) is 0 Å². The maximum Gasteiger partial charge on any atom is 0.417 e. The average molecular weight is 957 g/mol. The first-order valence-corrected chi connectivity index (χ1v) is 16.8. The van der Waals surface area contributed by atoms with Crippen LogP contribution >= 0.6 is 23.2 Å². The van der Waals surface area contributed by atoms with E-state index in [2.05, 4.69) is 15.4 Å². The molecule has 0 aromatic heterocycles. The van der Waals surface area contributed by atoms with E-state index in [1.807, 2.05) is 0 Å². The summed E-state index contributed by atoms with van der Waals surface area (Å²) in [4.78, 5) is 44.8. The van der Waals surface area contributed by atoms with Crippen LogP contribution in [0.5, 0.6) is 11.5 Å². The van der Waals surface area contributed by atoms with Crippen LogP contribution in [-0.4, -0.2) is 42.5 Å². The SMILES string of the molecule is CCOC(C)=O.CCOc1ccc(N)cc1C(=O)Nc1ccc(Cl)c(C(F)(F)F)c1.CCOc1ccc([N+](=O)[O-])cc1C(=O)Nc1ccc(Cl)c(C(F)(F)F)c1.[CH3-].[Pd]. The number of non-ortho nitro benzene ring substituents is 1. The van der Waals surface area contributed by atoms with Crippen molar-refractivity contribution >= 4 is 63.7 Å². The maximum absolute atomic E-state index is 12.9. The van der Waals surface area contributed by atoms with Crippen molar-refractivity contribution in [3.05, 3.63) is 123 Å². The summed E-state index contributed by atoms with van der Waals surface area (Å²) in [6.07, 6.45) is -9.31. The Kier molecular flexibility index (Phi) is 21.9. The molecule has 0 heterocycles. The van der Waals surface area contributed by atoms with Gasteiger partial charge in [0.05, 0.1) is 57.0 Å². The Morgan fingerprint density at radius 3 is 1.47 bits per heavy atom. The normalized spacial score (nSPS) is 10.4. The number of benzene rings is 4. The van der Waals surface area contributed by atoms with Crippen LogP contribution in [0.3, 0.4) is 0 Å². The first-order chi connectivity index (χ1) is 26.1. The predicted molar refractivity (Wildman–Crippen MR) is 204 cm³/mol. The largest absolute Gasteiger partial charge is 0.493 e. The van der Waals surface area contributed by atoms with Crippen molar-refractivity contribution in [1.82, 2.24) is 0 Å². The molecule has 0 aliphatic rings. The van der Waals surface area contributed by atoms with Crippen LogP contribution in [-0.2, 0) is 42.3 Å². The Morgan fingerprint density at radius 1 is 0.707 bits per heavy atom. The van der Waals surface area contributed by atoms with Gasteiger partial charge >= 0.3 is 18.3 Å². The fourth-order valence-electron chi connectivity index (χ4n) is 4.34. The van der Waals surface area contributed by atoms with Gasteiger partial charge in [-0.15, -0.1) is 0 Å². The Balaban J connectivity index is 0.000000955. The van der Waals surface area contributed by atoms with Crippen molar-refractivity contribution in [1.29, 1.82) is 0 Å². The summed E-state index contributed by atoms with van der Waals surface area (Å²) >= 11 is 11.1. The van der Waals surface area contributed by atoms with E-state index in [9.17, 15) is 50.8 Å². The third-order valence-electron chi connectivity index (χ3n) is 6.67. The van der Waals surface area contributed by atoms with Crippen LogP contribution in [0.15, 0.2) is 72.8 Å². The molecule has 0 atom stereocenters. The summed E-state index contributed by atoms with van der Waals surface area (Å²) in [5.74, 6) is -1.35. The number of alkyl halides is 6. The van der Waals surface area contributed by atoms with Gasteiger partial charge in [-0.1, -0.05) is 23.2 Å². The molecule has 0 bridgehead atoms. The van der Waals surface area contributed by atoms with E-state index >= 15 is 0 Å². The number of nitrogen functional groups attached to an aromatic ring is 1. The number of nitro benzene ring substituents is 1. The Labute approximate surface area is 353 Å². The van der Waals surface area contributed by atoms with E-state index in [0.717, 1.165) is 30.3 Å². The zero-order valence-electron chi connectivity index (χ0n) is 31.2. The molecule has 2 amide bonds. The molecular weight excluding hydrogens is 920 g/mol. The van der Waals surface area contributed by atoms with Gasteiger partial charge in [0.1, 0.15) is 11.5 Å². The van der Waals surface area contributed by atoms with Crippen molar-refractivity contribution in [2.75, 3.05) is 36.2 Å². The molecule has 0 saturated carbocycles. The molecule has 0 unspecified atom stereocenters. The summed E-state index contributed by atoms with van der Waals surface area (Å²) in [7, 11) is 0. The Morgan fingerprint density at radius 2 is 1.12 bits per heavy atom. The number of nitro groups is 1. The molecule has 4 aromatic rings. The van der Waals surface area contributed by atoms with Crippen LogP contribution in [0.1, 0.15) is 59.5 Å². The van der Waals surface area contributed by atoms with E-state index in [4.69, 9.17) is 38.4 Å².